The van der Waals surface area contributed by atoms with Crippen molar-refractivity contribution in [1.29, 1.82) is 0 Å². The van der Waals surface area contributed by atoms with E-state index in [0.29, 0.717) is 6.54 Å². The molecule has 0 bridgehead atoms. The van der Waals surface area contributed by atoms with Crippen LogP contribution >= 0.6 is 11.8 Å². The molecule has 2 rings (SSSR count). The zero-order valence-corrected chi connectivity index (χ0v) is 13.4. The number of carbonyl (C=O) groups is 1. The van der Waals surface area contributed by atoms with Crippen molar-refractivity contribution < 1.29 is 4.79 Å². The fourth-order valence-corrected chi connectivity index (χ4v) is 2.95. The van der Waals surface area contributed by atoms with Crippen LogP contribution < -0.4 is 5.32 Å². The molecule has 0 spiro atoms. The number of thioether (sulfide) groups is 1. The lowest BCUT2D eigenvalue weighted by atomic mass is 10.0. The van der Waals surface area contributed by atoms with E-state index in [4.69, 9.17) is 0 Å². The Balaban J connectivity index is 1.73. The maximum absolute atomic E-state index is 12.1. The predicted octanol–water partition coefficient (Wildman–Crippen LogP) is 4.22. The zero-order valence-electron chi connectivity index (χ0n) is 12.6. The second kappa shape index (κ2) is 7.89. The van der Waals surface area contributed by atoms with Crippen LogP contribution in [0.15, 0.2) is 53.4 Å². The maximum atomic E-state index is 12.1. The summed E-state index contributed by atoms with van der Waals surface area (Å²) in [5, 5.41) is 3.00. The Morgan fingerprint density at radius 3 is 2.57 bits per heavy atom. The van der Waals surface area contributed by atoms with Gasteiger partial charge in [-0.25, -0.2) is 0 Å². The molecule has 0 saturated carbocycles. The summed E-state index contributed by atoms with van der Waals surface area (Å²) >= 11 is 1.82. The third-order valence-electron chi connectivity index (χ3n) is 3.47. The van der Waals surface area contributed by atoms with E-state index in [-0.39, 0.29) is 5.91 Å². The first-order chi connectivity index (χ1) is 10.2. The molecule has 21 heavy (non-hydrogen) atoms. The average Bonchev–Trinajstić information content (AvgIpc) is 2.50. The van der Waals surface area contributed by atoms with Crippen LogP contribution in [-0.2, 0) is 0 Å². The lowest BCUT2D eigenvalue weighted by Gasteiger charge is -2.09. The minimum atomic E-state index is 0.0286. The fourth-order valence-electron chi connectivity index (χ4n) is 2.07. The van der Waals surface area contributed by atoms with Crippen LogP contribution in [0.1, 0.15) is 27.9 Å². The monoisotopic (exact) mass is 299 g/mol. The van der Waals surface area contributed by atoms with Crippen LogP contribution in [0.25, 0.3) is 0 Å². The zero-order chi connectivity index (χ0) is 15.1. The number of aryl methyl sites for hydroxylation is 1. The molecule has 0 aromatic heterocycles. The Kier molecular flexibility index (Phi) is 5.88. The van der Waals surface area contributed by atoms with Gasteiger partial charge in [0.2, 0.25) is 0 Å². The van der Waals surface area contributed by atoms with Crippen LogP contribution in [0.2, 0.25) is 0 Å². The van der Waals surface area contributed by atoms with Crippen LogP contribution in [0.5, 0.6) is 0 Å². The van der Waals surface area contributed by atoms with Crippen molar-refractivity contribution in [3.05, 3.63) is 65.2 Å². The molecular formula is C18H21NOS. The van der Waals surface area contributed by atoms with Gasteiger partial charge in [-0.15, -0.1) is 11.8 Å². The van der Waals surface area contributed by atoms with Crippen molar-refractivity contribution in [2.45, 2.75) is 25.2 Å². The van der Waals surface area contributed by atoms with Crippen LogP contribution in [0, 0.1) is 13.8 Å². The van der Waals surface area contributed by atoms with E-state index in [2.05, 4.69) is 17.4 Å². The normalized spacial score (nSPS) is 10.4. The summed E-state index contributed by atoms with van der Waals surface area (Å²) in [7, 11) is 0. The molecule has 0 aliphatic carbocycles. The summed E-state index contributed by atoms with van der Waals surface area (Å²) in [6.07, 6.45) is 0.968. The summed E-state index contributed by atoms with van der Waals surface area (Å²) in [6, 6.07) is 16.2. The Hall–Kier alpha value is -1.74. The number of benzene rings is 2. The average molecular weight is 299 g/mol. The first kappa shape index (κ1) is 15.6. The molecule has 2 aromatic rings. The topological polar surface area (TPSA) is 29.1 Å². The van der Waals surface area contributed by atoms with Gasteiger partial charge in [-0.1, -0.05) is 30.3 Å². The molecule has 0 fully saturated rings. The summed E-state index contributed by atoms with van der Waals surface area (Å²) in [5.41, 5.74) is 3.00. The molecule has 0 aliphatic rings. The van der Waals surface area contributed by atoms with Gasteiger partial charge in [0.1, 0.15) is 0 Å². The summed E-state index contributed by atoms with van der Waals surface area (Å²) in [4.78, 5) is 13.4. The highest BCUT2D eigenvalue weighted by atomic mass is 32.2. The van der Waals surface area contributed by atoms with Crippen LogP contribution in [-0.4, -0.2) is 18.2 Å². The molecule has 1 N–H and O–H groups in total. The Bertz CT molecular complexity index is 595. The molecule has 0 saturated heterocycles. The van der Waals surface area contributed by atoms with Gasteiger partial charge in [0.25, 0.3) is 5.91 Å². The van der Waals surface area contributed by atoms with Gasteiger partial charge in [-0.05, 0) is 55.3 Å². The van der Waals surface area contributed by atoms with E-state index in [1.807, 2.05) is 62.0 Å². The van der Waals surface area contributed by atoms with E-state index in [9.17, 15) is 4.79 Å². The molecule has 0 aliphatic heterocycles. The third kappa shape index (κ3) is 4.64. The summed E-state index contributed by atoms with van der Waals surface area (Å²) < 4.78 is 0. The van der Waals surface area contributed by atoms with E-state index in [1.165, 1.54) is 4.90 Å². The van der Waals surface area contributed by atoms with Gasteiger partial charge < -0.3 is 5.32 Å². The van der Waals surface area contributed by atoms with Crippen molar-refractivity contribution in [3.8, 4) is 0 Å². The first-order valence-electron chi connectivity index (χ1n) is 7.21. The van der Waals surface area contributed by atoms with E-state index >= 15 is 0 Å². The number of nitrogens with one attached hydrogen (secondary N) is 1. The van der Waals surface area contributed by atoms with Crippen molar-refractivity contribution in [3.63, 3.8) is 0 Å². The maximum Gasteiger partial charge on any atom is 0.251 e. The molecule has 1 amide bonds. The lowest BCUT2D eigenvalue weighted by molar-refractivity contribution is 0.0953. The lowest BCUT2D eigenvalue weighted by Crippen LogP contribution is -2.25. The second-order valence-electron chi connectivity index (χ2n) is 5.02. The van der Waals surface area contributed by atoms with E-state index in [1.54, 1.807) is 0 Å². The standard InChI is InChI=1S/C18H21NOS/c1-14-8-6-11-17(15(14)2)18(20)19-12-7-13-21-16-9-4-3-5-10-16/h3-6,8-11H,7,12-13H2,1-2H3,(H,19,20). The van der Waals surface area contributed by atoms with Crippen molar-refractivity contribution in [2.75, 3.05) is 12.3 Å². The fraction of sp³-hybridized carbons (Fsp3) is 0.278. The van der Waals surface area contributed by atoms with Crippen molar-refractivity contribution in [2.24, 2.45) is 0 Å². The largest absolute Gasteiger partial charge is 0.352 e. The third-order valence-corrected chi connectivity index (χ3v) is 4.57. The van der Waals surface area contributed by atoms with Gasteiger partial charge in [0, 0.05) is 17.0 Å². The summed E-state index contributed by atoms with van der Waals surface area (Å²) in [6.45, 7) is 4.74. The molecule has 0 atom stereocenters. The van der Waals surface area contributed by atoms with Crippen LogP contribution in [0.3, 0.4) is 0 Å². The van der Waals surface area contributed by atoms with Crippen LogP contribution in [0.4, 0.5) is 0 Å². The van der Waals surface area contributed by atoms with Crippen molar-refractivity contribution >= 4 is 17.7 Å². The van der Waals surface area contributed by atoms with Gasteiger partial charge in [-0.3, -0.25) is 4.79 Å². The molecule has 2 nitrogen and oxygen atoms in total. The SMILES string of the molecule is Cc1cccc(C(=O)NCCCSc2ccccc2)c1C. The molecule has 0 unspecified atom stereocenters. The van der Waals surface area contributed by atoms with E-state index < -0.39 is 0 Å². The highest BCUT2D eigenvalue weighted by molar-refractivity contribution is 7.99. The smallest absolute Gasteiger partial charge is 0.251 e. The summed E-state index contributed by atoms with van der Waals surface area (Å²) in [5.74, 6) is 1.04. The minimum absolute atomic E-state index is 0.0286. The van der Waals surface area contributed by atoms with Gasteiger partial charge >= 0.3 is 0 Å². The van der Waals surface area contributed by atoms with Crippen molar-refractivity contribution in [1.82, 2.24) is 5.32 Å². The molecule has 0 radical (unpaired) electrons. The predicted molar refractivity (Wildman–Crippen MR) is 90.0 cm³/mol. The minimum Gasteiger partial charge on any atom is -0.352 e. The molecular weight excluding hydrogens is 278 g/mol. The quantitative estimate of drug-likeness (QED) is 0.639. The number of rotatable bonds is 6. The molecule has 110 valence electrons. The number of carbonyl (C=O) groups excluding carboxylic acids is 1. The molecule has 2 aromatic carbocycles. The number of hydrogen-bond acceptors (Lipinski definition) is 2. The van der Waals surface area contributed by atoms with Gasteiger partial charge in [0.15, 0.2) is 0 Å². The number of amides is 1. The molecule has 0 heterocycles. The Morgan fingerprint density at radius 2 is 1.81 bits per heavy atom. The number of hydrogen-bond donors (Lipinski definition) is 1. The Morgan fingerprint density at radius 1 is 1.05 bits per heavy atom. The van der Waals surface area contributed by atoms with Gasteiger partial charge in [0.05, 0.1) is 0 Å². The Labute approximate surface area is 131 Å². The van der Waals surface area contributed by atoms with E-state index in [0.717, 1.165) is 28.9 Å². The molecule has 3 heteroatoms. The van der Waals surface area contributed by atoms with Gasteiger partial charge in [-0.2, -0.15) is 0 Å². The highest BCUT2D eigenvalue weighted by Crippen LogP contribution is 2.17. The highest BCUT2D eigenvalue weighted by Gasteiger charge is 2.08. The second-order valence-corrected chi connectivity index (χ2v) is 6.19. The first-order valence-corrected chi connectivity index (χ1v) is 8.19.